The second-order valence-corrected chi connectivity index (χ2v) is 7.18. The molecule has 1 atom stereocenters. The predicted octanol–water partition coefficient (Wildman–Crippen LogP) is -0.131. The molecule has 1 saturated heterocycles. The first-order chi connectivity index (χ1) is 11.9. The van der Waals surface area contributed by atoms with Crippen molar-refractivity contribution < 1.29 is 9.59 Å². The Morgan fingerprint density at radius 3 is 2.76 bits per heavy atom. The van der Waals surface area contributed by atoms with Crippen molar-refractivity contribution in [3.05, 3.63) is 33.7 Å². The van der Waals surface area contributed by atoms with Crippen LogP contribution in [0.25, 0.3) is 0 Å². The van der Waals surface area contributed by atoms with Crippen LogP contribution in [0.4, 0.5) is 0 Å². The number of piperazine rings is 1. The highest BCUT2D eigenvalue weighted by atomic mass is 16.2. The van der Waals surface area contributed by atoms with Gasteiger partial charge in [-0.15, -0.1) is 0 Å². The Morgan fingerprint density at radius 2 is 2.04 bits per heavy atom. The molecular weight excluding hydrogens is 320 g/mol. The third-order valence-electron chi connectivity index (χ3n) is 5.18. The number of nitrogens with zero attached hydrogens (tertiary/aromatic N) is 3. The molecule has 1 fully saturated rings. The molecule has 1 N–H and O–H groups in total. The van der Waals surface area contributed by atoms with Crippen LogP contribution in [-0.4, -0.2) is 57.9 Å². The lowest BCUT2D eigenvalue weighted by atomic mass is 10.0. The molecule has 0 aliphatic carbocycles. The van der Waals surface area contributed by atoms with Crippen LogP contribution >= 0.6 is 0 Å². The zero-order chi connectivity index (χ0) is 18.1. The summed E-state index contributed by atoms with van der Waals surface area (Å²) in [6, 6.07) is 1.48. The lowest BCUT2D eigenvalue weighted by Crippen LogP contribution is -2.58. The maximum atomic E-state index is 12.8. The molecule has 25 heavy (non-hydrogen) atoms. The molecule has 0 spiro atoms. The number of nitrogens with one attached hydrogen (secondary N) is 1. The smallest absolute Gasteiger partial charge is 0.250 e. The fourth-order valence-electron chi connectivity index (χ4n) is 3.71. The summed E-state index contributed by atoms with van der Waals surface area (Å²) in [6.07, 6.45) is 2.69. The average Bonchev–Trinajstić information content (AvgIpc) is 2.57. The van der Waals surface area contributed by atoms with Crippen molar-refractivity contribution >= 4 is 11.8 Å². The molecule has 7 nitrogen and oxygen atoms in total. The molecule has 7 heteroatoms. The van der Waals surface area contributed by atoms with Gasteiger partial charge in [0.2, 0.25) is 11.8 Å². The van der Waals surface area contributed by atoms with E-state index >= 15 is 0 Å². The van der Waals surface area contributed by atoms with Crippen molar-refractivity contribution in [2.24, 2.45) is 7.05 Å². The number of hydrogen-bond acceptors (Lipinski definition) is 4. The first-order valence-corrected chi connectivity index (χ1v) is 8.86. The Balaban J connectivity index is 1.72. The van der Waals surface area contributed by atoms with Gasteiger partial charge in [0, 0.05) is 51.5 Å². The van der Waals surface area contributed by atoms with Crippen molar-refractivity contribution in [3.63, 3.8) is 0 Å². The third-order valence-corrected chi connectivity index (χ3v) is 5.18. The van der Waals surface area contributed by atoms with E-state index in [4.69, 9.17) is 0 Å². The standard InChI is InChI=1S/C18H26N4O3/c1-12(2)22-7-5-19-18(25)15(22)9-17(24)21-6-4-13-8-16(23)20(3)10-14(13)11-21/h8,10,12,15H,4-7,9,11H2,1-3H3,(H,19,25). The van der Waals surface area contributed by atoms with Gasteiger partial charge in [-0.3, -0.25) is 19.3 Å². The Kier molecular flexibility index (Phi) is 4.94. The molecule has 2 amide bonds. The van der Waals surface area contributed by atoms with Gasteiger partial charge in [-0.1, -0.05) is 0 Å². The van der Waals surface area contributed by atoms with Crippen LogP contribution < -0.4 is 10.9 Å². The SMILES string of the molecule is CC(C)N1CCNC(=O)C1CC(=O)N1CCc2cc(=O)n(C)cc2C1. The van der Waals surface area contributed by atoms with E-state index in [0.29, 0.717) is 26.1 Å². The van der Waals surface area contributed by atoms with Gasteiger partial charge >= 0.3 is 0 Å². The molecule has 1 aromatic heterocycles. The van der Waals surface area contributed by atoms with E-state index in [-0.39, 0.29) is 29.8 Å². The highest BCUT2D eigenvalue weighted by Crippen LogP contribution is 2.20. The summed E-state index contributed by atoms with van der Waals surface area (Å²) < 4.78 is 1.54. The minimum atomic E-state index is -0.400. The van der Waals surface area contributed by atoms with Crippen LogP contribution in [0, 0.1) is 0 Å². The summed E-state index contributed by atoms with van der Waals surface area (Å²) in [5, 5.41) is 2.87. The van der Waals surface area contributed by atoms with Crippen molar-refractivity contribution in [1.82, 2.24) is 19.7 Å². The number of fused-ring (bicyclic) bond motifs is 1. The average molecular weight is 346 g/mol. The fourth-order valence-corrected chi connectivity index (χ4v) is 3.71. The summed E-state index contributed by atoms with van der Waals surface area (Å²) in [5.74, 6) is -0.0692. The summed E-state index contributed by atoms with van der Waals surface area (Å²) >= 11 is 0. The second-order valence-electron chi connectivity index (χ2n) is 7.18. The molecule has 1 unspecified atom stereocenters. The van der Waals surface area contributed by atoms with Gasteiger partial charge in [0.1, 0.15) is 0 Å². The third kappa shape index (κ3) is 3.61. The molecule has 0 bridgehead atoms. The van der Waals surface area contributed by atoms with Crippen molar-refractivity contribution in [1.29, 1.82) is 0 Å². The summed E-state index contributed by atoms with van der Waals surface area (Å²) in [7, 11) is 1.72. The molecule has 2 aliphatic heterocycles. The number of hydrogen-bond donors (Lipinski definition) is 1. The molecule has 2 aliphatic rings. The number of aromatic nitrogens is 1. The number of amides is 2. The largest absolute Gasteiger partial charge is 0.353 e. The minimum absolute atomic E-state index is 0.00722. The summed E-state index contributed by atoms with van der Waals surface area (Å²) in [5.41, 5.74) is 2.01. The van der Waals surface area contributed by atoms with E-state index in [2.05, 4.69) is 10.2 Å². The zero-order valence-corrected chi connectivity index (χ0v) is 15.1. The molecule has 3 heterocycles. The number of rotatable bonds is 3. The molecule has 1 aromatic rings. The number of carbonyl (C=O) groups is 2. The Bertz CT molecular complexity index is 740. The van der Waals surface area contributed by atoms with E-state index in [1.54, 1.807) is 22.6 Å². The van der Waals surface area contributed by atoms with E-state index in [9.17, 15) is 14.4 Å². The Labute approximate surface area is 147 Å². The van der Waals surface area contributed by atoms with Crippen LogP contribution in [0.3, 0.4) is 0 Å². The normalized spacial score (nSPS) is 21.2. The monoisotopic (exact) mass is 346 g/mol. The van der Waals surface area contributed by atoms with E-state index in [1.165, 1.54) is 0 Å². The topological polar surface area (TPSA) is 74.7 Å². The van der Waals surface area contributed by atoms with Gasteiger partial charge in [0.15, 0.2) is 0 Å². The van der Waals surface area contributed by atoms with Crippen LogP contribution in [-0.2, 0) is 29.6 Å². The van der Waals surface area contributed by atoms with E-state index in [1.807, 2.05) is 20.0 Å². The Morgan fingerprint density at radius 1 is 1.28 bits per heavy atom. The summed E-state index contributed by atoms with van der Waals surface area (Å²) in [4.78, 5) is 40.7. The van der Waals surface area contributed by atoms with Crippen molar-refractivity contribution in [3.8, 4) is 0 Å². The van der Waals surface area contributed by atoms with Crippen LogP contribution in [0.5, 0.6) is 0 Å². The van der Waals surface area contributed by atoms with E-state index < -0.39 is 6.04 Å². The Hall–Kier alpha value is -2.15. The lowest BCUT2D eigenvalue weighted by molar-refractivity contribution is -0.140. The van der Waals surface area contributed by atoms with Gasteiger partial charge < -0.3 is 14.8 Å². The highest BCUT2D eigenvalue weighted by Gasteiger charge is 2.34. The lowest BCUT2D eigenvalue weighted by Gasteiger charge is -2.38. The first kappa shape index (κ1) is 17.7. The van der Waals surface area contributed by atoms with Gasteiger partial charge in [0.05, 0.1) is 12.5 Å². The van der Waals surface area contributed by atoms with Crippen LogP contribution in [0.1, 0.15) is 31.4 Å². The number of carbonyl (C=O) groups excluding carboxylic acids is 2. The quantitative estimate of drug-likeness (QED) is 0.827. The van der Waals surface area contributed by atoms with Crippen molar-refractivity contribution in [2.75, 3.05) is 19.6 Å². The maximum Gasteiger partial charge on any atom is 0.250 e. The van der Waals surface area contributed by atoms with Crippen LogP contribution in [0.15, 0.2) is 17.1 Å². The molecular formula is C18H26N4O3. The molecule has 0 saturated carbocycles. The second kappa shape index (κ2) is 7.00. The fraction of sp³-hybridized carbons (Fsp3) is 0.611. The van der Waals surface area contributed by atoms with Gasteiger partial charge in [-0.25, -0.2) is 0 Å². The molecule has 3 rings (SSSR count). The molecule has 0 aromatic carbocycles. The van der Waals surface area contributed by atoms with Gasteiger partial charge in [0.25, 0.3) is 5.56 Å². The molecule has 0 radical (unpaired) electrons. The highest BCUT2D eigenvalue weighted by molar-refractivity contribution is 5.89. The predicted molar refractivity (Wildman–Crippen MR) is 94.1 cm³/mol. The number of aryl methyl sites for hydroxylation is 1. The zero-order valence-electron chi connectivity index (χ0n) is 15.1. The molecule has 136 valence electrons. The first-order valence-electron chi connectivity index (χ1n) is 8.86. The van der Waals surface area contributed by atoms with Gasteiger partial charge in [-0.2, -0.15) is 0 Å². The summed E-state index contributed by atoms with van der Waals surface area (Å²) in [6.45, 7) is 6.59. The maximum absolute atomic E-state index is 12.8. The minimum Gasteiger partial charge on any atom is -0.353 e. The van der Waals surface area contributed by atoms with Crippen LogP contribution in [0.2, 0.25) is 0 Å². The van der Waals surface area contributed by atoms with Gasteiger partial charge in [-0.05, 0) is 31.4 Å². The van der Waals surface area contributed by atoms with E-state index in [0.717, 1.165) is 17.7 Å². The van der Waals surface area contributed by atoms with Crippen molar-refractivity contribution in [2.45, 2.75) is 45.3 Å². The number of pyridine rings is 1.